The van der Waals surface area contributed by atoms with Crippen molar-refractivity contribution in [3.8, 4) is 0 Å². The maximum absolute atomic E-state index is 11.2. The van der Waals surface area contributed by atoms with E-state index in [1.54, 1.807) is 22.7 Å². The molecule has 1 unspecified atom stereocenters. The monoisotopic (exact) mass is 299 g/mol. The molecular weight excluding hydrogens is 284 g/mol. The molecule has 0 spiro atoms. The van der Waals surface area contributed by atoms with Gasteiger partial charge in [-0.2, -0.15) is 0 Å². The minimum atomic E-state index is -0.918. The van der Waals surface area contributed by atoms with Crippen molar-refractivity contribution in [2.45, 2.75) is 18.4 Å². The van der Waals surface area contributed by atoms with E-state index in [1.165, 1.54) is 5.56 Å². The van der Waals surface area contributed by atoms with Gasteiger partial charge in [-0.25, -0.2) is 0 Å². The van der Waals surface area contributed by atoms with Crippen LogP contribution in [0.15, 0.2) is 59.3 Å². The third-order valence-corrected chi connectivity index (χ3v) is 5.38. The van der Waals surface area contributed by atoms with E-state index in [9.17, 15) is 5.11 Å². The lowest BCUT2D eigenvalue weighted by molar-refractivity contribution is 0.0787. The zero-order valence-electron chi connectivity index (χ0n) is 11.0. The number of hydrogen-bond donors (Lipinski definition) is 1. The Kier molecular flexibility index (Phi) is 4.01. The lowest BCUT2D eigenvalue weighted by Crippen LogP contribution is -2.25. The third-order valence-electron chi connectivity index (χ3n) is 3.39. The van der Waals surface area contributed by atoms with E-state index in [-0.39, 0.29) is 0 Å². The summed E-state index contributed by atoms with van der Waals surface area (Å²) in [7, 11) is 0. The Balaban J connectivity index is 1.87. The summed E-state index contributed by atoms with van der Waals surface area (Å²) in [5.74, 6) is 0. The van der Waals surface area contributed by atoms with Gasteiger partial charge in [-0.3, -0.25) is 0 Å². The Morgan fingerprint density at radius 2 is 1.85 bits per heavy atom. The topological polar surface area (TPSA) is 20.2 Å². The maximum atomic E-state index is 11.2. The second-order valence-corrected chi connectivity index (χ2v) is 6.58. The second kappa shape index (κ2) is 5.92. The summed E-state index contributed by atoms with van der Waals surface area (Å²) < 4.78 is 0. The first-order chi connectivity index (χ1) is 9.79. The van der Waals surface area contributed by atoms with E-state index in [2.05, 4.69) is 18.2 Å². The molecule has 1 atom stereocenters. The number of aliphatic hydroxyl groups is 1. The molecule has 20 heavy (non-hydrogen) atoms. The van der Waals surface area contributed by atoms with Gasteiger partial charge in [-0.1, -0.05) is 36.4 Å². The quantitative estimate of drug-likeness (QED) is 0.736. The van der Waals surface area contributed by atoms with Crippen molar-refractivity contribution in [1.29, 1.82) is 0 Å². The highest BCUT2D eigenvalue weighted by Gasteiger charge is 2.33. The Bertz CT molecular complexity index is 593. The molecule has 0 bridgehead atoms. The van der Waals surface area contributed by atoms with E-state index in [0.29, 0.717) is 6.42 Å². The molecule has 2 heterocycles. The molecule has 1 radical (unpaired) electrons. The van der Waals surface area contributed by atoms with E-state index in [0.717, 1.165) is 16.2 Å². The average molecular weight is 299 g/mol. The van der Waals surface area contributed by atoms with E-state index < -0.39 is 5.60 Å². The summed E-state index contributed by atoms with van der Waals surface area (Å²) in [5, 5.41) is 15.2. The molecule has 1 N–H and O–H groups in total. The molecule has 0 amide bonds. The molecule has 3 heteroatoms. The van der Waals surface area contributed by atoms with Crippen LogP contribution < -0.4 is 0 Å². The van der Waals surface area contributed by atoms with Crippen LogP contribution in [0.4, 0.5) is 0 Å². The van der Waals surface area contributed by atoms with Gasteiger partial charge in [0.05, 0.1) is 0 Å². The van der Waals surface area contributed by atoms with Gasteiger partial charge in [0.25, 0.3) is 0 Å². The maximum Gasteiger partial charge on any atom is 0.134 e. The first-order valence-corrected chi connectivity index (χ1v) is 8.31. The molecule has 0 aliphatic carbocycles. The van der Waals surface area contributed by atoms with Crippen LogP contribution in [0.5, 0.6) is 0 Å². The highest BCUT2D eigenvalue weighted by Crippen LogP contribution is 2.38. The van der Waals surface area contributed by atoms with E-state index >= 15 is 0 Å². The number of hydrogen-bond acceptors (Lipinski definition) is 3. The molecule has 0 fully saturated rings. The van der Waals surface area contributed by atoms with Gasteiger partial charge in [0.15, 0.2) is 0 Å². The zero-order valence-corrected chi connectivity index (χ0v) is 12.6. The summed E-state index contributed by atoms with van der Waals surface area (Å²) in [6, 6.07) is 19.3. The largest absolute Gasteiger partial charge is 0.379 e. The van der Waals surface area contributed by atoms with Gasteiger partial charge >= 0.3 is 0 Å². The minimum Gasteiger partial charge on any atom is -0.379 e. The van der Waals surface area contributed by atoms with E-state index in [4.69, 9.17) is 0 Å². The fourth-order valence-electron chi connectivity index (χ4n) is 2.30. The van der Waals surface area contributed by atoms with Crippen LogP contribution in [-0.2, 0) is 12.0 Å². The van der Waals surface area contributed by atoms with Crippen LogP contribution in [0.2, 0.25) is 0 Å². The van der Waals surface area contributed by atoms with Crippen molar-refractivity contribution in [2.24, 2.45) is 0 Å². The number of thiophene rings is 2. The Hall–Kier alpha value is -1.42. The van der Waals surface area contributed by atoms with E-state index in [1.807, 2.05) is 47.2 Å². The molecule has 1 aromatic carbocycles. The van der Waals surface area contributed by atoms with Crippen molar-refractivity contribution >= 4 is 22.7 Å². The van der Waals surface area contributed by atoms with Crippen molar-refractivity contribution < 1.29 is 5.11 Å². The molecule has 0 saturated carbocycles. The second-order valence-electron chi connectivity index (χ2n) is 4.72. The summed E-state index contributed by atoms with van der Waals surface area (Å²) in [6.45, 7) is 0. The van der Waals surface area contributed by atoms with Gasteiger partial charge < -0.3 is 5.11 Å². The normalized spacial score (nSPS) is 11.7. The summed E-state index contributed by atoms with van der Waals surface area (Å²) in [6.07, 6.45) is 1.52. The molecule has 3 rings (SSSR count). The van der Waals surface area contributed by atoms with Gasteiger partial charge in [0.2, 0.25) is 0 Å². The summed E-state index contributed by atoms with van der Waals surface area (Å²) in [5.41, 5.74) is 0.331. The summed E-state index contributed by atoms with van der Waals surface area (Å²) in [4.78, 5) is 1.89. The number of aryl methyl sites for hydroxylation is 1. The first kappa shape index (κ1) is 13.6. The van der Waals surface area contributed by atoms with Crippen molar-refractivity contribution in [3.63, 3.8) is 0 Å². The lowest BCUT2D eigenvalue weighted by atomic mass is 9.91. The Labute approximate surface area is 127 Å². The van der Waals surface area contributed by atoms with Gasteiger partial charge in [0, 0.05) is 15.8 Å². The van der Waals surface area contributed by atoms with Crippen LogP contribution in [0, 0.1) is 6.07 Å². The van der Waals surface area contributed by atoms with Crippen LogP contribution in [0.1, 0.15) is 21.7 Å². The highest BCUT2D eigenvalue weighted by atomic mass is 32.1. The molecule has 3 aromatic rings. The van der Waals surface area contributed by atoms with Crippen LogP contribution in [-0.4, -0.2) is 5.11 Å². The van der Waals surface area contributed by atoms with Gasteiger partial charge in [-0.05, 0) is 41.3 Å². The molecule has 0 aliphatic rings. The molecule has 2 aromatic heterocycles. The Morgan fingerprint density at radius 1 is 1.00 bits per heavy atom. The first-order valence-electron chi connectivity index (χ1n) is 6.55. The molecule has 1 nitrogen and oxygen atoms in total. The number of rotatable bonds is 5. The fourth-order valence-corrected chi connectivity index (χ4v) is 4.03. The minimum absolute atomic E-state index is 0.675. The van der Waals surface area contributed by atoms with Crippen molar-refractivity contribution in [2.75, 3.05) is 0 Å². The van der Waals surface area contributed by atoms with Gasteiger partial charge in [0.1, 0.15) is 5.60 Å². The SMILES string of the molecule is OC(CCc1ccccc1)(c1[c]ccs1)c1cccs1. The summed E-state index contributed by atoms with van der Waals surface area (Å²) >= 11 is 3.16. The van der Waals surface area contributed by atoms with Crippen LogP contribution in [0.3, 0.4) is 0 Å². The van der Waals surface area contributed by atoms with Gasteiger partial charge in [-0.15, -0.1) is 22.7 Å². The smallest absolute Gasteiger partial charge is 0.134 e. The molecule has 0 saturated heterocycles. The van der Waals surface area contributed by atoms with Crippen LogP contribution in [0.25, 0.3) is 0 Å². The van der Waals surface area contributed by atoms with Crippen LogP contribution >= 0.6 is 22.7 Å². The average Bonchev–Trinajstić information content (AvgIpc) is 3.18. The predicted octanol–water partition coefficient (Wildman–Crippen LogP) is 4.48. The third kappa shape index (κ3) is 2.70. The standard InChI is InChI=1S/C17H15OS2/c18-17(15-8-4-12-19-15,16-9-5-13-20-16)11-10-14-6-2-1-3-7-14/h1-8,12-13,18H,10-11H2. The fraction of sp³-hybridized carbons (Fsp3) is 0.176. The lowest BCUT2D eigenvalue weighted by Gasteiger charge is -2.26. The number of benzene rings is 1. The predicted molar refractivity (Wildman–Crippen MR) is 85.2 cm³/mol. The van der Waals surface area contributed by atoms with Crippen molar-refractivity contribution in [1.82, 2.24) is 0 Å². The molecule has 101 valence electrons. The molecule has 0 aliphatic heterocycles. The van der Waals surface area contributed by atoms with Crippen molar-refractivity contribution in [3.05, 3.63) is 80.7 Å². The molecular formula is C17H15OS2. The highest BCUT2D eigenvalue weighted by molar-refractivity contribution is 7.11. The Morgan fingerprint density at radius 3 is 2.50 bits per heavy atom. The zero-order chi connectivity index (χ0) is 13.8.